The van der Waals surface area contributed by atoms with E-state index in [1.54, 1.807) is 20.8 Å². The van der Waals surface area contributed by atoms with E-state index < -0.39 is 27.4 Å². The molecule has 0 saturated heterocycles. The zero-order valence-corrected chi connectivity index (χ0v) is 11.0. The summed E-state index contributed by atoms with van der Waals surface area (Å²) in [6.07, 6.45) is 0.427. The Bertz CT molecular complexity index is 435. The van der Waals surface area contributed by atoms with Gasteiger partial charge in [-0.2, -0.15) is 0 Å². The molecule has 2 N–H and O–H groups in total. The molecule has 1 aromatic rings. The van der Waals surface area contributed by atoms with Gasteiger partial charge in [0.05, 0.1) is 15.7 Å². The molecule has 0 aromatic heterocycles. The molecule has 1 aromatic carbocycles. The number of rotatable bonds is 4. The molecule has 1 unspecified atom stereocenters. The summed E-state index contributed by atoms with van der Waals surface area (Å²) in [7, 11) is -1.50. The van der Waals surface area contributed by atoms with E-state index in [1.807, 2.05) is 0 Å². The van der Waals surface area contributed by atoms with Gasteiger partial charge in [-0.3, -0.25) is 5.14 Å². The Balaban J connectivity index is 2.94. The minimum absolute atomic E-state index is 0.242. The Kier molecular flexibility index (Phi) is 4.38. The molecule has 1 rings (SSSR count). The van der Waals surface area contributed by atoms with Crippen LogP contribution >= 0.6 is 0 Å². The Morgan fingerprint density at radius 1 is 1.41 bits per heavy atom. The maximum Gasteiger partial charge on any atom is 0.126 e. The van der Waals surface area contributed by atoms with Crippen molar-refractivity contribution in [1.29, 1.82) is 0 Å². The van der Waals surface area contributed by atoms with Crippen LogP contribution in [0.5, 0.6) is 0 Å². The molecule has 0 amide bonds. The molecule has 0 spiro atoms. The normalized spacial score (nSPS) is 15.6. The van der Waals surface area contributed by atoms with E-state index in [4.69, 9.17) is 5.14 Å². The fourth-order valence-electron chi connectivity index (χ4n) is 1.82. The molecule has 5 heteroatoms. The van der Waals surface area contributed by atoms with E-state index in [2.05, 4.69) is 0 Å². The van der Waals surface area contributed by atoms with Crippen molar-refractivity contribution in [3.05, 3.63) is 35.4 Å². The monoisotopic (exact) mass is 261 g/mol. The van der Waals surface area contributed by atoms with Crippen LogP contribution in [-0.4, -0.2) is 8.96 Å². The quantitative estimate of drug-likeness (QED) is 0.889. The third-order valence-electron chi connectivity index (χ3n) is 2.83. The van der Waals surface area contributed by atoms with Crippen LogP contribution in [0.4, 0.5) is 8.78 Å². The smallest absolute Gasteiger partial charge is 0.126 e. The lowest BCUT2D eigenvalue weighted by Crippen LogP contribution is -2.33. The summed E-state index contributed by atoms with van der Waals surface area (Å²) in [5.74, 6) is -1.16. The SMILES string of the molecule is C[C@H](CC(C)(C)S(N)=O)c1cc(F)ccc1F. The van der Waals surface area contributed by atoms with Crippen molar-refractivity contribution in [2.75, 3.05) is 0 Å². The van der Waals surface area contributed by atoms with Crippen molar-refractivity contribution in [2.45, 2.75) is 37.9 Å². The van der Waals surface area contributed by atoms with Crippen LogP contribution in [0, 0.1) is 11.6 Å². The van der Waals surface area contributed by atoms with Crippen molar-refractivity contribution in [3.63, 3.8) is 0 Å². The van der Waals surface area contributed by atoms with Gasteiger partial charge in [0.1, 0.15) is 11.6 Å². The van der Waals surface area contributed by atoms with Crippen LogP contribution in [0.25, 0.3) is 0 Å². The van der Waals surface area contributed by atoms with Gasteiger partial charge in [0.15, 0.2) is 0 Å². The zero-order chi connectivity index (χ0) is 13.2. The van der Waals surface area contributed by atoms with Crippen LogP contribution in [0.3, 0.4) is 0 Å². The standard InChI is InChI=1S/C12H17F2NOS/c1-8(7-12(2,3)17(15)16)10-6-9(13)4-5-11(10)14/h4-6,8H,7,15H2,1-3H3/t8-,17?/m1/s1. The lowest BCUT2D eigenvalue weighted by molar-refractivity contribution is 0.510. The van der Waals surface area contributed by atoms with Crippen LogP contribution in [0.15, 0.2) is 18.2 Å². The first-order valence-corrected chi connectivity index (χ1v) is 6.56. The van der Waals surface area contributed by atoms with Crippen molar-refractivity contribution in [1.82, 2.24) is 0 Å². The van der Waals surface area contributed by atoms with Crippen LogP contribution in [0.1, 0.15) is 38.7 Å². The molecular formula is C12H17F2NOS. The third kappa shape index (κ3) is 3.57. The minimum Gasteiger partial charge on any atom is -0.251 e. The molecule has 0 aliphatic carbocycles. The van der Waals surface area contributed by atoms with E-state index in [1.165, 1.54) is 6.07 Å². The van der Waals surface area contributed by atoms with E-state index in [-0.39, 0.29) is 5.92 Å². The van der Waals surface area contributed by atoms with Gasteiger partial charge in [0.2, 0.25) is 0 Å². The van der Waals surface area contributed by atoms with Gasteiger partial charge in [0, 0.05) is 0 Å². The van der Waals surface area contributed by atoms with Crippen LogP contribution < -0.4 is 5.14 Å². The average molecular weight is 261 g/mol. The molecule has 0 aliphatic rings. The highest BCUT2D eigenvalue weighted by molar-refractivity contribution is 7.84. The van der Waals surface area contributed by atoms with Gasteiger partial charge in [-0.25, -0.2) is 13.0 Å². The second kappa shape index (κ2) is 5.23. The largest absolute Gasteiger partial charge is 0.251 e. The van der Waals surface area contributed by atoms with Gasteiger partial charge >= 0.3 is 0 Å². The zero-order valence-electron chi connectivity index (χ0n) is 10.2. The fraction of sp³-hybridized carbons (Fsp3) is 0.500. The molecule has 0 heterocycles. The minimum atomic E-state index is -1.50. The van der Waals surface area contributed by atoms with E-state index in [0.717, 1.165) is 12.1 Å². The van der Waals surface area contributed by atoms with Crippen molar-refractivity contribution >= 4 is 11.0 Å². The molecule has 17 heavy (non-hydrogen) atoms. The molecule has 96 valence electrons. The molecule has 2 nitrogen and oxygen atoms in total. The molecule has 0 saturated carbocycles. The van der Waals surface area contributed by atoms with E-state index in [0.29, 0.717) is 12.0 Å². The molecular weight excluding hydrogens is 244 g/mol. The lowest BCUT2D eigenvalue weighted by atomic mass is 9.91. The Morgan fingerprint density at radius 3 is 2.53 bits per heavy atom. The summed E-state index contributed by atoms with van der Waals surface area (Å²) < 4.78 is 37.2. The highest BCUT2D eigenvalue weighted by Gasteiger charge is 2.27. The summed E-state index contributed by atoms with van der Waals surface area (Å²) in [6, 6.07) is 3.36. The summed E-state index contributed by atoms with van der Waals surface area (Å²) >= 11 is 0. The summed E-state index contributed by atoms with van der Waals surface area (Å²) in [6.45, 7) is 5.26. The average Bonchev–Trinajstić information content (AvgIpc) is 2.20. The summed E-state index contributed by atoms with van der Waals surface area (Å²) in [4.78, 5) is 0. The molecule has 0 aliphatic heterocycles. The Morgan fingerprint density at radius 2 is 2.00 bits per heavy atom. The maximum atomic E-state index is 13.5. The summed E-state index contributed by atoms with van der Waals surface area (Å²) in [5.41, 5.74) is 0.295. The third-order valence-corrected chi connectivity index (χ3v) is 4.09. The first-order chi connectivity index (χ1) is 7.74. The predicted octanol–water partition coefficient (Wildman–Crippen LogP) is 2.86. The number of nitrogens with two attached hydrogens (primary N) is 1. The molecule has 0 radical (unpaired) electrons. The van der Waals surface area contributed by atoms with Gasteiger partial charge in [-0.15, -0.1) is 0 Å². The second-order valence-electron chi connectivity index (χ2n) is 4.83. The topological polar surface area (TPSA) is 43.1 Å². The Hall–Kier alpha value is -0.810. The highest BCUT2D eigenvalue weighted by atomic mass is 32.2. The fourth-order valence-corrected chi connectivity index (χ4v) is 2.24. The van der Waals surface area contributed by atoms with Gasteiger partial charge in [-0.05, 0) is 49.9 Å². The first kappa shape index (κ1) is 14.3. The molecule has 0 fully saturated rings. The number of benzene rings is 1. The maximum absolute atomic E-state index is 13.5. The van der Waals surface area contributed by atoms with Crippen LogP contribution in [0.2, 0.25) is 0 Å². The highest BCUT2D eigenvalue weighted by Crippen LogP contribution is 2.30. The van der Waals surface area contributed by atoms with Crippen molar-refractivity contribution in [2.24, 2.45) is 5.14 Å². The van der Waals surface area contributed by atoms with E-state index in [9.17, 15) is 13.0 Å². The summed E-state index contributed by atoms with van der Waals surface area (Å²) in [5, 5.41) is 5.37. The van der Waals surface area contributed by atoms with Crippen molar-refractivity contribution < 1.29 is 13.0 Å². The van der Waals surface area contributed by atoms with Crippen LogP contribution in [-0.2, 0) is 11.0 Å². The number of halogens is 2. The van der Waals surface area contributed by atoms with Gasteiger partial charge in [0.25, 0.3) is 0 Å². The molecule has 0 bridgehead atoms. The second-order valence-corrected chi connectivity index (χ2v) is 6.53. The van der Waals surface area contributed by atoms with Crippen molar-refractivity contribution in [3.8, 4) is 0 Å². The molecule has 2 atom stereocenters. The first-order valence-electron chi connectivity index (χ1n) is 5.35. The predicted molar refractivity (Wildman–Crippen MR) is 65.8 cm³/mol. The lowest BCUT2D eigenvalue weighted by Gasteiger charge is -2.25. The number of hydrogen-bond acceptors (Lipinski definition) is 1. The Labute approximate surface area is 103 Å². The van der Waals surface area contributed by atoms with Gasteiger partial charge in [-0.1, -0.05) is 6.92 Å². The number of hydrogen-bond donors (Lipinski definition) is 1. The van der Waals surface area contributed by atoms with E-state index >= 15 is 0 Å². The van der Waals surface area contributed by atoms with Gasteiger partial charge < -0.3 is 0 Å².